The van der Waals surface area contributed by atoms with E-state index < -0.39 is 0 Å². The third-order valence-corrected chi connectivity index (χ3v) is 4.07. The number of pyridine rings is 1. The summed E-state index contributed by atoms with van der Waals surface area (Å²) < 4.78 is 0. The van der Waals surface area contributed by atoms with Crippen LogP contribution in [0.15, 0.2) is 71.7 Å². The number of amides is 1. The van der Waals surface area contributed by atoms with Crippen molar-refractivity contribution in [2.24, 2.45) is 0 Å². The smallest absolute Gasteiger partial charge is 0.255 e. The number of rotatable bonds is 3. The maximum Gasteiger partial charge on any atom is 0.255 e. The maximum atomic E-state index is 12.7. The lowest BCUT2D eigenvalue weighted by Gasteiger charge is -2.09. The monoisotopic (exact) mass is 357 g/mol. The summed E-state index contributed by atoms with van der Waals surface area (Å²) in [5.41, 5.74) is 8.19. The average molecular weight is 357 g/mol. The molecule has 7 nitrogen and oxygen atoms in total. The predicted molar refractivity (Wildman–Crippen MR) is 104 cm³/mol. The number of benzene rings is 2. The third-order valence-electron chi connectivity index (χ3n) is 4.07. The van der Waals surface area contributed by atoms with E-state index in [2.05, 4.69) is 20.3 Å². The second-order valence-electron chi connectivity index (χ2n) is 5.93. The van der Waals surface area contributed by atoms with Crippen molar-refractivity contribution in [2.75, 3.05) is 11.1 Å². The van der Waals surface area contributed by atoms with Crippen LogP contribution in [0, 0.1) is 0 Å². The molecule has 0 aliphatic heterocycles. The Morgan fingerprint density at radius 1 is 1.04 bits per heavy atom. The zero-order valence-electron chi connectivity index (χ0n) is 14.1. The molecule has 4 aromatic rings. The molecule has 132 valence electrons. The molecule has 0 spiro atoms. The van der Waals surface area contributed by atoms with E-state index in [1.54, 1.807) is 30.5 Å². The van der Waals surface area contributed by atoms with Crippen LogP contribution in [0.2, 0.25) is 0 Å². The van der Waals surface area contributed by atoms with Gasteiger partial charge in [0.2, 0.25) is 5.95 Å². The van der Waals surface area contributed by atoms with Crippen LogP contribution in [0.4, 0.5) is 11.6 Å². The van der Waals surface area contributed by atoms with Gasteiger partial charge in [0, 0.05) is 28.8 Å². The Morgan fingerprint density at radius 2 is 1.89 bits per heavy atom. The van der Waals surface area contributed by atoms with Crippen molar-refractivity contribution < 1.29 is 4.79 Å². The largest absolute Gasteiger partial charge is 0.369 e. The molecule has 4 N–H and O–H groups in total. The summed E-state index contributed by atoms with van der Waals surface area (Å²) in [5, 5.41) is 3.77. The third kappa shape index (κ3) is 3.38. The first-order chi connectivity index (χ1) is 13.1. The summed E-state index contributed by atoms with van der Waals surface area (Å²) in [7, 11) is 0. The molecular weight excluding hydrogens is 342 g/mol. The topological polar surface area (TPSA) is 114 Å². The number of fused-ring (bicyclic) bond motifs is 1. The van der Waals surface area contributed by atoms with Gasteiger partial charge in [0.25, 0.3) is 11.5 Å². The number of nitrogens with one attached hydrogen (secondary N) is 2. The number of nitrogens with zero attached hydrogens (tertiary/aromatic N) is 2. The number of carbonyl (C=O) groups excluding carboxylic acids is 1. The number of nitrogens with two attached hydrogens (primary N) is 1. The van der Waals surface area contributed by atoms with Crippen molar-refractivity contribution in [3.8, 4) is 11.3 Å². The fraction of sp³-hybridized carbons (Fsp3) is 0. The van der Waals surface area contributed by atoms with E-state index in [-0.39, 0.29) is 17.4 Å². The van der Waals surface area contributed by atoms with Gasteiger partial charge in [0.15, 0.2) is 0 Å². The molecule has 0 aliphatic rings. The predicted octanol–water partition coefficient (Wildman–Crippen LogP) is 2.82. The van der Waals surface area contributed by atoms with Crippen molar-refractivity contribution in [2.45, 2.75) is 0 Å². The number of aromatic nitrogens is 3. The average Bonchev–Trinajstić information content (AvgIpc) is 2.67. The molecule has 0 fully saturated rings. The second-order valence-corrected chi connectivity index (χ2v) is 5.93. The Bertz CT molecular complexity index is 1210. The summed E-state index contributed by atoms with van der Waals surface area (Å²) in [6.07, 6.45) is 1.71. The lowest BCUT2D eigenvalue weighted by molar-refractivity contribution is 0.102. The number of nitrogen functional groups attached to an aromatic ring is 1. The highest BCUT2D eigenvalue weighted by molar-refractivity contribution is 6.09. The molecule has 0 saturated carbocycles. The summed E-state index contributed by atoms with van der Waals surface area (Å²) in [6, 6.07) is 17.5. The summed E-state index contributed by atoms with van der Waals surface area (Å²) >= 11 is 0. The first kappa shape index (κ1) is 16.5. The van der Waals surface area contributed by atoms with Crippen molar-refractivity contribution in [3.63, 3.8) is 0 Å². The van der Waals surface area contributed by atoms with Crippen LogP contribution in [-0.4, -0.2) is 20.9 Å². The molecular formula is C20H15N5O2. The molecule has 2 heterocycles. The molecule has 2 aromatic carbocycles. The van der Waals surface area contributed by atoms with Crippen LogP contribution < -0.4 is 16.6 Å². The second kappa shape index (κ2) is 6.72. The zero-order chi connectivity index (χ0) is 18.8. The van der Waals surface area contributed by atoms with Gasteiger partial charge >= 0.3 is 0 Å². The van der Waals surface area contributed by atoms with E-state index in [9.17, 15) is 9.59 Å². The molecule has 0 bridgehead atoms. The fourth-order valence-corrected chi connectivity index (χ4v) is 2.85. The minimum absolute atomic E-state index is 0.0237. The fourth-order valence-electron chi connectivity index (χ4n) is 2.85. The summed E-state index contributed by atoms with van der Waals surface area (Å²) in [5.74, 6) is -0.248. The quantitative estimate of drug-likeness (QED) is 0.522. The van der Waals surface area contributed by atoms with E-state index in [4.69, 9.17) is 5.73 Å². The first-order valence-electron chi connectivity index (χ1n) is 8.22. The van der Waals surface area contributed by atoms with Crippen LogP contribution in [-0.2, 0) is 0 Å². The Kier molecular flexibility index (Phi) is 4.10. The highest BCUT2D eigenvalue weighted by atomic mass is 16.1. The zero-order valence-corrected chi connectivity index (χ0v) is 14.1. The molecule has 27 heavy (non-hydrogen) atoms. The number of hydrogen-bond acceptors (Lipinski definition) is 5. The van der Waals surface area contributed by atoms with Gasteiger partial charge in [-0.3, -0.25) is 19.6 Å². The van der Waals surface area contributed by atoms with E-state index in [0.29, 0.717) is 22.5 Å². The Hall–Kier alpha value is -4.00. The Labute approximate surface area is 153 Å². The lowest BCUT2D eigenvalue weighted by Crippen LogP contribution is -2.13. The highest BCUT2D eigenvalue weighted by Crippen LogP contribution is 2.23. The van der Waals surface area contributed by atoms with E-state index in [0.717, 1.165) is 10.9 Å². The minimum Gasteiger partial charge on any atom is -0.369 e. The molecule has 0 radical (unpaired) electrons. The molecule has 0 unspecified atom stereocenters. The van der Waals surface area contributed by atoms with Crippen molar-refractivity contribution >= 4 is 28.4 Å². The summed E-state index contributed by atoms with van der Waals surface area (Å²) in [4.78, 5) is 35.1. The minimum atomic E-state index is -0.351. The number of carbonyl (C=O) groups is 1. The first-order valence-corrected chi connectivity index (χ1v) is 8.22. The van der Waals surface area contributed by atoms with Crippen LogP contribution in [0.1, 0.15) is 10.4 Å². The highest BCUT2D eigenvalue weighted by Gasteiger charge is 2.11. The molecule has 4 rings (SSSR count). The SMILES string of the molecule is Nc1nc(-c2cccc(C(=O)Nc3cccc4ncccc34)c2)cc(=O)[nH]1. The van der Waals surface area contributed by atoms with E-state index >= 15 is 0 Å². The van der Waals surface area contributed by atoms with Gasteiger partial charge in [-0.25, -0.2) is 4.98 Å². The number of H-pyrrole nitrogens is 1. The number of hydrogen-bond donors (Lipinski definition) is 3. The lowest BCUT2D eigenvalue weighted by atomic mass is 10.1. The Morgan fingerprint density at radius 3 is 2.74 bits per heavy atom. The molecule has 7 heteroatoms. The van der Waals surface area contributed by atoms with Gasteiger partial charge in [0.1, 0.15) is 0 Å². The van der Waals surface area contributed by atoms with Gasteiger partial charge in [0.05, 0.1) is 16.9 Å². The summed E-state index contributed by atoms with van der Waals surface area (Å²) in [6.45, 7) is 0. The normalized spacial score (nSPS) is 10.7. The number of aromatic amines is 1. The molecule has 0 aliphatic carbocycles. The van der Waals surface area contributed by atoms with Crippen molar-refractivity contribution in [1.29, 1.82) is 0 Å². The van der Waals surface area contributed by atoms with Gasteiger partial charge in [-0.05, 0) is 36.4 Å². The molecule has 1 amide bonds. The molecule has 0 saturated heterocycles. The molecule has 0 atom stereocenters. The van der Waals surface area contributed by atoms with Crippen LogP contribution in [0.3, 0.4) is 0 Å². The van der Waals surface area contributed by atoms with E-state index in [1.165, 1.54) is 6.07 Å². The van der Waals surface area contributed by atoms with Gasteiger partial charge in [-0.2, -0.15) is 0 Å². The molecule has 2 aromatic heterocycles. The maximum absolute atomic E-state index is 12.7. The van der Waals surface area contributed by atoms with Gasteiger partial charge in [-0.15, -0.1) is 0 Å². The van der Waals surface area contributed by atoms with Crippen LogP contribution >= 0.6 is 0 Å². The van der Waals surface area contributed by atoms with Crippen LogP contribution in [0.25, 0.3) is 22.2 Å². The van der Waals surface area contributed by atoms with Gasteiger partial charge in [-0.1, -0.05) is 18.2 Å². The van der Waals surface area contributed by atoms with Gasteiger partial charge < -0.3 is 11.1 Å². The number of anilines is 2. The van der Waals surface area contributed by atoms with Crippen molar-refractivity contribution in [3.05, 3.63) is 82.8 Å². The van der Waals surface area contributed by atoms with Crippen molar-refractivity contribution in [1.82, 2.24) is 15.0 Å². The van der Waals surface area contributed by atoms with E-state index in [1.807, 2.05) is 30.3 Å². The Balaban J connectivity index is 1.67. The van der Waals surface area contributed by atoms with Crippen LogP contribution in [0.5, 0.6) is 0 Å². The standard InChI is InChI=1S/C20H15N5O2/c21-20-24-17(11-18(26)25-20)12-4-1-5-13(10-12)19(27)23-16-8-2-7-15-14(16)6-3-9-22-15/h1-11H,(H,23,27)(H3,21,24,25,26).